The van der Waals surface area contributed by atoms with E-state index in [0.29, 0.717) is 0 Å². The summed E-state index contributed by atoms with van der Waals surface area (Å²) in [6.45, 7) is 0. The Bertz CT molecular complexity index is 265. The van der Waals surface area contributed by atoms with Gasteiger partial charge in [0.1, 0.15) is 5.25 Å². The van der Waals surface area contributed by atoms with Crippen molar-refractivity contribution in [1.82, 2.24) is 0 Å². The molecule has 0 aromatic heterocycles. The third kappa shape index (κ3) is 1.09. The summed E-state index contributed by atoms with van der Waals surface area (Å²) >= 11 is 1.48. The van der Waals surface area contributed by atoms with Gasteiger partial charge in [-0.05, 0) is 12.8 Å². The number of thioether (sulfide) groups is 1. The van der Waals surface area contributed by atoms with Crippen molar-refractivity contribution in [2.45, 2.75) is 18.1 Å². The summed E-state index contributed by atoms with van der Waals surface area (Å²) in [6.07, 6.45) is 5.83. The highest BCUT2D eigenvalue weighted by Crippen LogP contribution is 2.43. The molecule has 1 atom stereocenters. The largest absolute Gasteiger partial charge is 0.480 e. The lowest BCUT2D eigenvalue weighted by molar-refractivity contribution is -0.136. The van der Waals surface area contributed by atoms with Crippen molar-refractivity contribution in [2.24, 2.45) is 0 Å². The molecule has 0 bridgehead atoms. The first-order valence-electron chi connectivity index (χ1n) is 3.55. The van der Waals surface area contributed by atoms with E-state index in [-0.39, 0.29) is 5.25 Å². The first-order chi connectivity index (χ1) is 5.27. The Morgan fingerprint density at radius 3 is 3.18 bits per heavy atom. The highest BCUT2D eigenvalue weighted by Gasteiger charge is 2.29. The molecule has 0 aromatic carbocycles. The Balaban J connectivity index is 2.11. The average molecular weight is 168 g/mol. The van der Waals surface area contributed by atoms with Crippen LogP contribution in [-0.2, 0) is 4.79 Å². The van der Waals surface area contributed by atoms with Crippen molar-refractivity contribution in [2.75, 3.05) is 0 Å². The Morgan fingerprint density at radius 2 is 2.55 bits per heavy atom. The monoisotopic (exact) mass is 168 g/mol. The summed E-state index contributed by atoms with van der Waals surface area (Å²) in [4.78, 5) is 11.8. The molecule has 0 radical (unpaired) electrons. The fourth-order valence-electron chi connectivity index (χ4n) is 1.39. The first-order valence-corrected chi connectivity index (χ1v) is 4.43. The Kier molecular flexibility index (Phi) is 1.53. The molecule has 0 aromatic rings. The fourth-order valence-corrected chi connectivity index (χ4v) is 2.59. The van der Waals surface area contributed by atoms with E-state index >= 15 is 0 Å². The molecule has 1 heterocycles. The lowest BCUT2D eigenvalue weighted by atomic mass is 10.1. The maximum Gasteiger partial charge on any atom is 0.317 e. The predicted octanol–water partition coefficient (Wildman–Crippen LogP) is 1.79. The number of rotatable bonds is 1. The van der Waals surface area contributed by atoms with E-state index in [4.69, 9.17) is 5.11 Å². The van der Waals surface area contributed by atoms with Gasteiger partial charge in [-0.1, -0.05) is 17.7 Å². The lowest BCUT2D eigenvalue weighted by Crippen LogP contribution is -2.13. The molecule has 3 heteroatoms. The minimum Gasteiger partial charge on any atom is -0.480 e. The highest BCUT2D eigenvalue weighted by molar-refractivity contribution is 8.04. The summed E-state index contributed by atoms with van der Waals surface area (Å²) in [5.41, 5.74) is 1.31. The van der Waals surface area contributed by atoms with Crippen molar-refractivity contribution >= 4 is 17.7 Å². The number of allylic oxidation sites excluding steroid dienone is 3. The van der Waals surface area contributed by atoms with E-state index in [1.54, 1.807) is 0 Å². The van der Waals surface area contributed by atoms with Gasteiger partial charge in [0.2, 0.25) is 0 Å². The van der Waals surface area contributed by atoms with Crippen LogP contribution in [0.25, 0.3) is 0 Å². The molecule has 2 aliphatic rings. The lowest BCUT2D eigenvalue weighted by Gasteiger charge is -2.01. The molecule has 1 N–H and O–H groups in total. The number of hydrogen-bond acceptors (Lipinski definition) is 2. The van der Waals surface area contributed by atoms with Crippen LogP contribution in [0.4, 0.5) is 0 Å². The van der Waals surface area contributed by atoms with E-state index < -0.39 is 5.97 Å². The van der Waals surface area contributed by atoms with Crippen molar-refractivity contribution in [3.63, 3.8) is 0 Å². The smallest absolute Gasteiger partial charge is 0.317 e. The zero-order valence-electron chi connectivity index (χ0n) is 5.91. The van der Waals surface area contributed by atoms with Crippen LogP contribution in [0.5, 0.6) is 0 Å². The highest BCUT2D eigenvalue weighted by atomic mass is 32.2. The van der Waals surface area contributed by atoms with Crippen molar-refractivity contribution in [3.05, 3.63) is 22.6 Å². The predicted molar refractivity (Wildman–Crippen MR) is 44.4 cm³/mol. The van der Waals surface area contributed by atoms with Crippen LogP contribution in [0.1, 0.15) is 12.8 Å². The molecule has 58 valence electrons. The Labute approximate surface area is 69.0 Å². The van der Waals surface area contributed by atoms with Gasteiger partial charge in [0.05, 0.1) is 0 Å². The standard InChI is InChI=1S/C8H8O2S/c9-8(10)7-4-5-2-1-3-6(5)11-7/h1,3,7H,2,4H2,(H,9,10). The van der Waals surface area contributed by atoms with Crippen LogP contribution in [0, 0.1) is 0 Å². The minimum absolute atomic E-state index is 0.218. The van der Waals surface area contributed by atoms with Crippen LogP contribution in [0.3, 0.4) is 0 Å². The molecule has 0 fully saturated rings. The molecule has 0 saturated heterocycles. The maximum atomic E-state index is 10.6. The van der Waals surface area contributed by atoms with E-state index in [2.05, 4.69) is 6.08 Å². The summed E-state index contributed by atoms with van der Waals surface area (Å²) in [5.74, 6) is -0.683. The molecular weight excluding hydrogens is 160 g/mol. The van der Waals surface area contributed by atoms with Gasteiger partial charge in [0, 0.05) is 4.91 Å². The van der Waals surface area contributed by atoms with E-state index in [9.17, 15) is 4.79 Å². The number of carboxylic acid groups (broad SMARTS) is 1. The molecule has 11 heavy (non-hydrogen) atoms. The van der Waals surface area contributed by atoms with Gasteiger partial charge in [-0.25, -0.2) is 0 Å². The quantitative estimate of drug-likeness (QED) is 0.648. The maximum absolute atomic E-state index is 10.6. The van der Waals surface area contributed by atoms with E-state index in [1.807, 2.05) is 6.08 Å². The summed E-state index contributed by atoms with van der Waals surface area (Å²) in [7, 11) is 0. The second kappa shape index (κ2) is 2.41. The number of hydrogen-bond donors (Lipinski definition) is 1. The van der Waals surface area contributed by atoms with Gasteiger partial charge in [-0.3, -0.25) is 4.79 Å². The average Bonchev–Trinajstić information content (AvgIpc) is 2.40. The summed E-state index contributed by atoms with van der Waals surface area (Å²) in [6, 6.07) is 0. The molecule has 1 aliphatic heterocycles. The first kappa shape index (κ1) is 6.98. The third-order valence-corrected chi connectivity index (χ3v) is 3.29. The summed E-state index contributed by atoms with van der Waals surface area (Å²) in [5, 5.41) is 8.48. The van der Waals surface area contributed by atoms with Crippen molar-refractivity contribution < 1.29 is 9.90 Å². The summed E-state index contributed by atoms with van der Waals surface area (Å²) < 4.78 is 0. The van der Waals surface area contributed by atoms with E-state index in [1.165, 1.54) is 22.2 Å². The normalized spacial score (nSPS) is 27.8. The van der Waals surface area contributed by atoms with Crippen molar-refractivity contribution in [3.8, 4) is 0 Å². The van der Waals surface area contributed by atoms with Gasteiger partial charge < -0.3 is 5.11 Å². The second-order valence-corrected chi connectivity index (χ2v) is 3.97. The van der Waals surface area contributed by atoms with Crippen LogP contribution in [0.2, 0.25) is 0 Å². The molecule has 0 amide bonds. The molecule has 1 aliphatic carbocycles. The van der Waals surface area contributed by atoms with Gasteiger partial charge in [0.15, 0.2) is 0 Å². The van der Waals surface area contributed by atoms with Crippen molar-refractivity contribution in [1.29, 1.82) is 0 Å². The molecule has 0 spiro atoms. The third-order valence-electron chi connectivity index (χ3n) is 1.96. The molecular formula is C8H8O2S. The van der Waals surface area contributed by atoms with Gasteiger partial charge in [-0.2, -0.15) is 0 Å². The number of carboxylic acids is 1. The van der Waals surface area contributed by atoms with Crippen LogP contribution in [-0.4, -0.2) is 16.3 Å². The van der Waals surface area contributed by atoms with Gasteiger partial charge in [0.25, 0.3) is 0 Å². The molecule has 1 unspecified atom stereocenters. The van der Waals surface area contributed by atoms with Crippen LogP contribution >= 0.6 is 11.8 Å². The SMILES string of the molecule is O=C(O)C1CC2=C(C=CC2)S1. The number of aliphatic carboxylic acids is 1. The van der Waals surface area contributed by atoms with Crippen LogP contribution < -0.4 is 0 Å². The minimum atomic E-state index is -0.683. The van der Waals surface area contributed by atoms with Crippen LogP contribution in [0.15, 0.2) is 22.6 Å². The van der Waals surface area contributed by atoms with Gasteiger partial charge >= 0.3 is 5.97 Å². The second-order valence-electron chi connectivity index (χ2n) is 2.72. The molecule has 0 saturated carbocycles. The zero-order chi connectivity index (χ0) is 7.84. The topological polar surface area (TPSA) is 37.3 Å². The zero-order valence-corrected chi connectivity index (χ0v) is 6.73. The fraction of sp³-hybridized carbons (Fsp3) is 0.375. The Morgan fingerprint density at radius 1 is 1.73 bits per heavy atom. The van der Waals surface area contributed by atoms with Gasteiger partial charge in [-0.15, -0.1) is 11.8 Å². The number of carbonyl (C=O) groups is 1. The molecule has 2 rings (SSSR count). The molecule has 2 nitrogen and oxygen atoms in total. The Hall–Kier alpha value is -0.700. The van der Waals surface area contributed by atoms with E-state index in [0.717, 1.165) is 12.8 Å².